The first kappa shape index (κ1) is 18.3. The van der Waals surface area contributed by atoms with Crippen molar-refractivity contribution in [3.05, 3.63) is 47.8 Å². The van der Waals surface area contributed by atoms with Gasteiger partial charge in [-0.25, -0.2) is 8.42 Å². The van der Waals surface area contributed by atoms with Crippen LogP contribution in [0, 0.1) is 6.92 Å². The van der Waals surface area contributed by atoms with Crippen molar-refractivity contribution in [2.75, 3.05) is 0 Å². The van der Waals surface area contributed by atoms with Gasteiger partial charge in [0.2, 0.25) is 10.0 Å². The van der Waals surface area contributed by atoms with E-state index < -0.39 is 10.0 Å². The maximum Gasteiger partial charge on any atom is 0.247 e. The third-order valence-corrected chi connectivity index (χ3v) is 6.10. The second kappa shape index (κ2) is 7.04. The molecule has 0 amide bonds. The minimum absolute atomic E-state index is 0.224. The van der Waals surface area contributed by atoms with Crippen molar-refractivity contribution in [3.63, 3.8) is 0 Å². The van der Waals surface area contributed by atoms with Crippen LogP contribution in [0.1, 0.15) is 23.7 Å². The fourth-order valence-corrected chi connectivity index (χ4v) is 4.46. The normalized spacial score (nSPS) is 12.2. The average Bonchev–Trinajstić information content (AvgIpc) is 3.28. The molecule has 3 heterocycles. The molecule has 9 nitrogen and oxygen atoms in total. The summed E-state index contributed by atoms with van der Waals surface area (Å²) in [6.07, 6.45) is 8.40. The van der Waals surface area contributed by atoms with E-state index >= 15 is 0 Å². The van der Waals surface area contributed by atoms with Gasteiger partial charge in [-0.15, -0.1) is 0 Å². The molecule has 3 aromatic heterocycles. The number of sulfonamides is 1. The molecule has 26 heavy (non-hydrogen) atoms. The van der Waals surface area contributed by atoms with Gasteiger partial charge in [-0.2, -0.15) is 19.6 Å². The zero-order valence-electron chi connectivity index (χ0n) is 15.4. The lowest BCUT2D eigenvalue weighted by molar-refractivity contribution is 0.400. The van der Waals surface area contributed by atoms with Gasteiger partial charge < -0.3 is 0 Å². The van der Waals surface area contributed by atoms with Crippen LogP contribution in [0.3, 0.4) is 0 Å². The maximum atomic E-state index is 13.3. The highest BCUT2D eigenvalue weighted by Gasteiger charge is 2.29. The average molecular weight is 377 g/mol. The lowest BCUT2D eigenvalue weighted by Crippen LogP contribution is -2.30. The maximum absolute atomic E-state index is 13.3. The fourth-order valence-electron chi connectivity index (χ4n) is 2.88. The number of nitrogens with zero attached hydrogens (tertiary/aromatic N) is 7. The van der Waals surface area contributed by atoms with E-state index in [0.717, 1.165) is 11.1 Å². The van der Waals surface area contributed by atoms with Gasteiger partial charge in [-0.3, -0.25) is 14.0 Å². The zero-order valence-corrected chi connectivity index (χ0v) is 16.2. The van der Waals surface area contributed by atoms with Crippen molar-refractivity contribution in [1.82, 2.24) is 33.6 Å². The standard InChI is InChI=1S/C16H23N7O2S/c1-5-23-13(2)16(8-19-23)26(24,25)22(11-14-6-17-20(3)9-14)12-15-7-18-21(4)10-15/h6-10H,5,11-12H2,1-4H3. The van der Waals surface area contributed by atoms with Gasteiger partial charge in [0.1, 0.15) is 4.90 Å². The molecule has 0 N–H and O–H groups in total. The molecule has 0 fully saturated rings. The van der Waals surface area contributed by atoms with E-state index in [4.69, 9.17) is 0 Å². The van der Waals surface area contributed by atoms with Crippen LogP contribution in [-0.2, 0) is 43.8 Å². The Bertz CT molecular complexity index is 957. The Kier molecular flexibility index (Phi) is 4.97. The molecule has 0 radical (unpaired) electrons. The highest BCUT2D eigenvalue weighted by molar-refractivity contribution is 7.89. The van der Waals surface area contributed by atoms with Crippen LogP contribution in [0.15, 0.2) is 35.9 Å². The van der Waals surface area contributed by atoms with Crippen molar-refractivity contribution in [3.8, 4) is 0 Å². The summed E-state index contributed by atoms with van der Waals surface area (Å²) < 4.78 is 33.1. The van der Waals surface area contributed by atoms with E-state index in [0.29, 0.717) is 12.2 Å². The summed E-state index contributed by atoms with van der Waals surface area (Å²) in [6, 6.07) is 0. The van der Waals surface area contributed by atoms with Gasteiger partial charge in [0.15, 0.2) is 0 Å². The fraction of sp³-hybridized carbons (Fsp3) is 0.438. The first-order chi connectivity index (χ1) is 12.3. The summed E-state index contributed by atoms with van der Waals surface area (Å²) in [5, 5.41) is 12.4. The molecule has 0 aliphatic rings. The van der Waals surface area contributed by atoms with E-state index in [1.54, 1.807) is 47.5 Å². The highest BCUT2D eigenvalue weighted by atomic mass is 32.2. The SMILES string of the molecule is CCn1ncc(S(=O)(=O)N(Cc2cnn(C)c2)Cc2cnn(C)c2)c1C. The predicted octanol–water partition coefficient (Wildman–Crippen LogP) is 1.07. The Morgan fingerprint density at radius 3 is 1.88 bits per heavy atom. The van der Waals surface area contributed by atoms with Crippen LogP contribution in [0.5, 0.6) is 0 Å². The number of rotatable bonds is 7. The van der Waals surface area contributed by atoms with Crippen LogP contribution in [0.4, 0.5) is 0 Å². The minimum atomic E-state index is -3.72. The monoisotopic (exact) mass is 377 g/mol. The molecule has 0 atom stereocenters. The van der Waals surface area contributed by atoms with E-state index in [2.05, 4.69) is 15.3 Å². The van der Waals surface area contributed by atoms with Crippen LogP contribution in [-0.4, -0.2) is 42.1 Å². The van der Waals surface area contributed by atoms with Crippen LogP contribution >= 0.6 is 0 Å². The van der Waals surface area contributed by atoms with E-state index in [1.807, 2.05) is 19.3 Å². The van der Waals surface area contributed by atoms with Crippen LogP contribution in [0.25, 0.3) is 0 Å². The summed E-state index contributed by atoms with van der Waals surface area (Å²) in [6.45, 7) is 4.77. The Hall–Kier alpha value is -2.46. The van der Waals surface area contributed by atoms with Gasteiger partial charge in [0.25, 0.3) is 0 Å². The highest BCUT2D eigenvalue weighted by Crippen LogP contribution is 2.23. The molecule has 0 saturated heterocycles. The summed E-state index contributed by atoms with van der Waals surface area (Å²) in [7, 11) is -0.114. The lowest BCUT2D eigenvalue weighted by Gasteiger charge is -2.21. The quantitative estimate of drug-likeness (QED) is 0.614. The topological polar surface area (TPSA) is 90.8 Å². The molecule has 0 bridgehead atoms. The van der Waals surface area contributed by atoms with Gasteiger partial charge >= 0.3 is 0 Å². The molecule has 3 rings (SSSR count). The molecule has 3 aromatic rings. The van der Waals surface area contributed by atoms with E-state index in [1.165, 1.54) is 10.5 Å². The second-order valence-corrected chi connectivity index (χ2v) is 8.13. The molecule has 0 unspecified atom stereocenters. The van der Waals surface area contributed by atoms with Gasteiger partial charge in [0, 0.05) is 57.3 Å². The smallest absolute Gasteiger partial charge is 0.247 e. The largest absolute Gasteiger partial charge is 0.275 e. The summed E-state index contributed by atoms with van der Waals surface area (Å²) >= 11 is 0. The molecular weight excluding hydrogens is 354 g/mol. The van der Waals surface area contributed by atoms with Gasteiger partial charge in [0.05, 0.1) is 24.3 Å². The van der Waals surface area contributed by atoms with Crippen molar-refractivity contribution >= 4 is 10.0 Å². The molecule has 0 aliphatic heterocycles. The summed E-state index contributed by atoms with van der Waals surface area (Å²) in [4.78, 5) is 0.229. The molecule has 0 aliphatic carbocycles. The van der Waals surface area contributed by atoms with Crippen LogP contribution in [0.2, 0.25) is 0 Å². The third-order valence-electron chi connectivity index (χ3n) is 4.21. The summed E-state index contributed by atoms with van der Waals surface area (Å²) in [5.74, 6) is 0. The second-order valence-electron chi connectivity index (χ2n) is 6.23. The lowest BCUT2D eigenvalue weighted by atomic mass is 10.3. The van der Waals surface area contributed by atoms with Crippen molar-refractivity contribution in [2.45, 2.75) is 38.4 Å². The number of aryl methyl sites for hydroxylation is 3. The van der Waals surface area contributed by atoms with Crippen molar-refractivity contribution in [2.24, 2.45) is 14.1 Å². The predicted molar refractivity (Wildman–Crippen MR) is 95.5 cm³/mol. The number of hydrogen-bond acceptors (Lipinski definition) is 5. The molecule has 0 saturated carbocycles. The van der Waals surface area contributed by atoms with Crippen LogP contribution < -0.4 is 0 Å². The Balaban J connectivity index is 1.98. The molecule has 0 spiro atoms. The zero-order chi connectivity index (χ0) is 18.9. The van der Waals surface area contributed by atoms with E-state index in [9.17, 15) is 8.42 Å². The van der Waals surface area contributed by atoms with Gasteiger partial charge in [-0.05, 0) is 13.8 Å². The number of hydrogen-bond donors (Lipinski definition) is 0. The Morgan fingerprint density at radius 2 is 1.50 bits per heavy atom. The third kappa shape index (κ3) is 3.56. The number of aromatic nitrogens is 6. The van der Waals surface area contributed by atoms with Gasteiger partial charge in [-0.1, -0.05) is 0 Å². The molecule has 0 aromatic carbocycles. The van der Waals surface area contributed by atoms with Crippen molar-refractivity contribution < 1.29 is 8.42 Å². The van der Waals surface area contributed by atoms with Crippen molar-refractivity contribution in [1.29, 1.82) is 0 Å². The minimum Gasteiger partial charge on any atom is -0.275 e. The molecule has 10 heteroatoms. The van der Waals surface area contributed by atoms with E-state index in [-0.39, 0.29) is 18.0 Å². The first-order valence-corrected chi connectivity index (χ1v) is 9.73. The first-order valence-electron chi connectivity index (χ1n) is 8.29. The molecular formula is C16H23N7O2S. The Labute approximate surface area is 152 Å². The molecule has 140 valence electrons. The summed E-state index contributed by atoms with van der Waals surface area (Å²) in [5.41, 5.74) is 2.27. The Morgan fingerprint density at radius 1 is 0.962 bits per heavy atom.